The number of fused-ring (bicyclic) bond motifs is 1. The maximum atomic E-state index is 13.9. The first kappa shape index (κ1) is 18.8. The van der Waals surface area contributed by atoms with Crippen molar-refractivity contribution in [3.05, 3.63) is 69.0 Å². The summed E-state index contributed by atoms with van der Waals surface area (Å²) in [5.74, 6) is -2.59. The summed E-state index contributed by atoms with van der Waals surface area (Å²) in [5, 5.41) is 11.0. The van der Waals surface area contributed by atoms with Crippen molar-refractivity contribution < 1.29 is 18.7 Å². The minimum absolute atomic E-state index is 0.174. The number of nitrogens with zero attached hydrogens (tertiary/aromatic N) is 2. The number of aromatic nitrogens is 1. The Morgan fingerprint density at radius 2 is 1.96 bits per heavy atom. The maximum absolute atomic E-state index is 13.9. The van der Waals surface area contributed by atoms with Crippen molar-refractivity contribution >= 4 is 34.1 Å². The number of hydrogen-bond donors (Lipinski definition) is 1. The number of likely N-dealkylation sites (N-methyl/N-ethyl adjacent to an activating group) is 1. The smallest absolute Gasteiger partial charge is 0.258 e. The Hall–Kier alpha value is -2.93. The number of rotatable bonds is 3. The molecule has 27 heavy (non-hydrogen) atoms. The first-order chi connectivity index (χ1) is 12.7. The lowest BCUT2D eigenvalue weighted by molar-refractivity contribution is -0.117. The van der Waals surface area contributed by atoms with Gasteiger partial charge in [0.15, 0.2) is 0 Å². The zero-order chi connectivity index (χ0) is 19.9. The van der Waals surface area contributed by atoms with E-state index in [1.807, 2.05) is 0 Å². The van der Waals surface area contributed by atoms with Crippen LogP contribution in [0.3, 0.4) is 0 Å². The summed E-state index contributed by atoms with van der Waals surface area (Å²) in [4.78, 5) is 26.0. The molecule has 5 nitrogen and oxygen atoms in total. The standard InChI is InChI=1S/C19H15ClF2N2O3/c1-23(15-8-10(21)6-7-13(15)22)16(25)9-11-18(26)17-12(20)4-3-5-14(17)24(2)19(11)27/h3-8,26H,9H2,1-2H3. The van der Waals surface area contributed by atoms with Gasteiger partial charge in [0, 0.05) is 20.2 Å². The molecule has 8 heteroatoms. The lowest BCUT2D eigenvalue weighted by Gasteiger charge is -2.19. The molecule has 0 unspecified atom stereocenters. The maximum Gasteiger partial charge on any atom is 0.258 e. The van der Waals surface area contributed by atoms with Gasteiger partial charge in [0.1, 0.15) is 17.4 Å². The molecule has 0 spiro atoms. The predicted molar refractivity (Wildman–Crippen MR) is 99.3 cm³/mol. The summed E-state index contributed by atoms with van der Waals surface area (Å²) in [6.45, 7) is 0. The van der Waals surface area contributed by atoms with E-state index in [9.17, 15) is 23.5 Å². The van der Waals surface area contributed by atoms with E-state index < -0.39 is 35.3 Å². The van der Waals surface area contributed by atoms with Crippen LogP contribution in [0.25, 0.3) is 10.9 Å². The van der Waals surface area contributed by atoms with Crippen molar-refractivity contribution in [2.24, 2.45) is 7.05 Å². The first-order valence-electron chi connectivity index (χ1n) is 7.93. The Bertz CT molecular complexity index is 1130. The van der Waals surface area contributed by atoms with Crippen LogP contribution in [-0.2, 0) is 18.3 Å². The van der Waals surface area contributed by atoms with Gasteiger partial charge in [0.2, 0.25) is 5.91 Å². The van der Waals surface area contributed by atoms with Gasteiger partial charge in [-0.25, -0.2) is 8.78 Å². The summed E-state index contributed by atoms with van der Waals surface area (Å²) in [6, 6.07) is 7.51. The Labute approximate surface area is 158 Å². The molecule has 2 aromatic carbocycles. The van der Waals surface area contributed by atoms with E-state index in [-0.39, 0.29) is 21.7 Å². The lowest BCUT2D eigenvalue weighted by atomic mass is 10.1. The van der Waals surface area contributed by atoms with Crippen LogP contribution >= 0.6 is 11.6 Å². The second-order valence-electron chi connectivity index (χ2n) is 6.05. The molecule has 0 atom stereocenters. The van der Waals surface area contributed by atoms with Gasteiger partial charge in [-0.2, -0.15) is 0 Å². The van der Waals surface area contributed by atoms with Gasteiger partial charge in [-0.05, 0) is 24.3 Å². The Morgan fingerprint density at radius 3 is 2.67 bits per heavy atom. The molecule has 0 fully saturated rings. The number of amides is 1. The van der Waals surface area contributed by atoms with E-state index in [0.717, 1.165) is 23.1 Å². The van der Waals surface area contributed by atoms with Crippen molar-refractivity contribution in [3.63, 3.8) is 0 Å². The molecule has 0 saturated heterocycles. The number of anilines is 1. The van der Waals surface area contributed by atoms with Gasteiger partial charge in [-0.1, -0.05) is 17.7 Å². The van der Waals surface area contributed by atoms with E-state index in [1.165, 1.54) is 18.7 Å². The third-order valence-corrected chi connectivity index (χ3v) is 4.73. The molecule has 3 rings (SSSR count). The highest BCUT2D eigenvalue weighted by Gasteiger charge is 2.22. The van der Waals surface area contributed by atoms with Gasteiger partial charge in [-0.3, -0.25) is 9.59 Å². The van der Waals surface area contributed by atoms with Gasteiger partial charge in [0.25, 0.3) is 5.56 Å². The quantitative estimate of drug-likeness (QED) is 0.743. The number of aryl methyl sites for hydroxylation is 1. The summed E-state index contributed by atoms with van der Waals surface area (Å²) in [5.41, 5.74) is -0.614. The molecule has 0 aliphatic carbocycles. The monoisotopic (exact) mass is 392 g/mol. The van der Waals surface area contributed by atoms with Crippen LogP contribution in [0, 0.1) is 11.6 Å². The van der Waals surface area contributed by atoms with Crippen molar-refractivity contribution in [3.8, 4) is 5.75 Å². The van der Waals surface area contributed by atoms with E-state index >= 15 is 0 Å². The molecule has 0 saturated carbocycles. The Kier molecular flexibility index (Phi) is 4.89. The molecule has 0 bridgehead atoms. The molecule has 1 heterocycles. The second-order valence-corrected chi connectivity index (χ2v) is 6.46. The summed E-state index contributed by atoms with van der Waals surface area (Å²) >= 11 is 6.13. The number of halogens is 3. The number of pyridine rings is 1. The van der Waals surface area contributed by atoms with Crippen LogP contribution in [-0.4, -0.2) is 22.6 Å². The molecule has 1 amide bonds. The molecule has 3 aromatic rings. The number of benzene rings is 2. The van der Waals surface area contributed by atoms with E-state index in [0.29, 0.717) is 5.52 Å². The predicted octanol–water partition coefficient (Wildman–Crippen LogP) is 3.38. The topological polar surface area (TPSA) is 62.5 Å². The molecular formula is C19H15ClF2N2O3. The fourth-order valence-electron chi connectivity index (χ4n) is 2.90. The lowest BCUT2D eigenvalue weighted by Crippen LogP contribution is -2.32. The minimum Gasteiger partial charge on any atom is -0.507 e. The van der Waals surface area contributed by atoms with Gasteiger partial charge in [-0.15, -0.1) is 0 Å². The van der Waals surface area contributed by atoms with Crippen LogP contribution in [0.4, 0.5) is 14.5 Å². The molecule has 140 valence electrons. The van der Waals surface area contributed by atoms with Crippen LogP contribution < -0.4 is 10.5 Å². The van der Waals surface area contributed by atoms with Crippen molar-refractivity contribution in [2.45, 2.75) is 6.42 Å². The minimum atomic E-state index is -0.786. The SMILES string of the molecule is CN(C(=O)Cc1c(O)c2c(Cl)cccc2n(C)c1=O)c1cc(F)ccc1F. The van der Waals surface area contributed by atoms with Gasteiger partial charge < -0.3 is 14.6 Å². The third-order valence-electron chi connectivity index (χ3n) is 4.41. The van der Waals surface area contributed by atoms with Crippen molar-refractivity contribution in [1.29, 1.82) is 0 Å². The molecule has 0 aliphatic rings. The van der Waals surface area contributed by atoms with Crippen molar-refractivity contribution in [1.82, 2.24) is 4.57 Å². The average Bonchev–Trinajstić information content (AvgIpc) is 2.64. The molecule has 1 aromatic heterocycles. The number of hydrogen-bond acceptors (Lipinski definition) is 3. The Balaban J connectivity index is 2.06. The van der Waals surface area contributed by atoms with E-state index in [4.69, 9.17) is 11.6 Å². The van der Waals surface area contributed by atoms with E-state index in [1.54, 1.807) is 18.2 Å². The Morgan fingerprint density at radius 1 is 1.26 bits per heavy atom. The average molecular weight is 393 g/mol. The first-order valence-corrected chi connectivity index (χ1v) is 8.30. The zero-order valence-electron chi connectivity index (χ0n) is 14.5. The largest absolute Gasteiger partial charge is 0.507 e. The van der Waals surface area contributed by atoms with Crippen LogP contribution in [0.1, 0.15) is 5.56 Å². The highest BCUT2D eigenvalue weighted by molar-refractivity contribution is 6.36. The molecule has 0 radical (unpaired) electrons. The van der Waals surface area contributed by atoms with E-state index in [2.05, 4.69) is 0 Å². The van der Waals surface area contributed by atoms with Crippen LogP contribution in [0.5, 0.6) is 5.75 Å². The highest BCUT2D eigenvalue weighted by Crippen LogP contribution is 2.32. The zero-order valence-corrected chi connectivity index (χ0v) is 15.2. The summed E-state index contributed by atoms with van der Waals surface area (Å²) < 4.78 is 28.6. The van der Waals surface area contributed by atoms with Crippen LogP contribution in [0.15, 0.2) is 41.2 Å². The third kappa shape index (κ3) is 3.26. The number of carbonyl (C=O) groups excluding carboxylic acids is 1. The number of aromatic hydroxyl groups is 1. The summed E-state index contributed by atoms with van der Waals surface area (Å²) in [7, 11) is 2.75. The fraction of sp³-hybridized carbons (Fsp3) is 0.158. The van der Waals surface area contributed by atoms with Crippen molar-refractivity contribution in [2.75, 3.05) is 11.9 Å². The number of carbonyl (C=O) groups is 1. The normalized spacial score (nSPS) is 11.0. The molecule has 1 N–H and O–H groups in total. The van der Waals surface area contributed by atoms with Crippen LogP contribution in [0.2, 0.25) is 5.02 Å². The van der Waals surface area contributed by atoms with Gasteiger partial charge in [0.05, 0.1) is 33.6 Å². The summed E-state index contributed by atoms with van der Waals surface area (Å²) in [6.07, 6.45) is -0.508. The second kappa shape index (κ2) is 7.00. The highest BCUT2D eigenvalue weighted by atomic mass is 35.5. The molecular weight excluding hydrogens is 378 g/mol. The van der Waals surface area contributed by atoms with Gasteiger partial charge >= 0.3 is 0 Å². The molecule has 0 aliphatic heterocycles. The fourth-order valence-corrected chi connectivity index (χ4v) is 3.16.